The van der Waals surface area contributed by atoms with E-state index in [-0.39, 0.29) is 28.5 Å². The first kappa shape index (κ1) is 28.2. The van der Waals surface area contributed by atoms with Crippen LogP contribution in [0.2, 0.25) is 0 Å². The third-order valence-corrected chi connectivity index (χ3v) is 7.44. The third kappa shape index (κ3) is 6.15. The molecule has 0 aromatic heterocycles. The zero-order chi connectivity index (χ0) is 25.5. The third-order valence-electron chi connectivity index (χ3n) is 7.44. The molecule has 5 aromatic rings. The average Bonchev–Trinajstić information content (AvgIpc) is 2.93. The highest BCUT2D eigenvalue weighted by Crippen LogP contribution is 2.44. The SMILES string of the molecule is CC[N+](CC)(CC)Cc1ccccc1.Oc1ccc2ccccc2c1-c1c(O)ccc2ccccc12.[Br-]. The summed E-state index contributed by atoms with van der Waals surface area (Å²) in [4.78, 5) is 0. The van der Waals surface area contributed by atoms with E-state index in [1.165, 1.54) is 36.2 Å². The number of phenols is 2. The minimum absolute atomic E-state index is 0. The molecule has 0 aliphatic heterocycles. The molecule has 2 N–H and O–H groups in total. The lowest BCUT2D eigenvalue weighted by Gasteiger charge is -2.35. The van der Waals surface area contributed by atoms with E-state index >= 15 is 0 Å². The Balaban J connectivity index is 0.000000222. The molecule has 0 atom stereocenters. The van der Waals surface area contributed by atoms with E-state index in [0.29, 0.717) is 11.1 Å². The maximum absolute atomic E-state index is 10.4. The maximum atomic E-state index is 10.4. The van der Waals surface area contributed by atoms with Crippen LogP contribution in [-0.4, -0.2) is 34.3 Å². The first-order valence-corrected chi connectivity index (χ1v) is 12.8. The molecule has 3 nitrogen and oxygen atoms in total. The molecule has 5 rings (SSSR count). The van der Waals surface area contributed by atoms with Crippen LogP contribution in [0.25, 0.3) is 32.7 Å². The molecule has 0 saturated carbocycles. The van der Waals surface area contributed by atoms with Crippen molar-refractivity contribution in [2.24, 2.45) is 0 Å². The van der Waals surface area contributed by atoms with Crippen LogP contribution in [0.3, 0.4) is 0 Å². The Hall–Kier alpha value is -3.34. The number of rotatable bonds is 6. The van der Waals surface area contributed by atoms with E-state index in [0.717, 1.165) is 21.5 Å². The summed E-state index contributed by atoms with van der Waals surface area (Å²) in [5, 5.41) is 24.8. The molecule has 0 radical (unpaired) electrons. The highest BCUT2D eigenvalue weighted by molar-refractivity contribution is 6.09. The van der Waals surface area contributed by atoms with Crippen LogP contribution in [0.5, 0.6) is 11.5 Å². The van der Waals surface area contributed by atoms with Crippen molar-refractivity contribution in [3.63, 3.8) is 0 Å². The largest absolute Gasteiger partial charge is 1.00 e. The van der Waals surface area contributed by atoms with Gasteiger partial charge in [0, 0.05) is 16.7 Å². The van der Waals surface area contributed by atoms with E-state index in [1.807, 2.05) is 60.7 Å². The van der Waals surface area contributed by atoms with Crippen LogP contribution >= 0.6 is 0 Å². The van der Waals surface area contributed by atoms with Gasteiger partial charge in [0.25, 0.3) is 0 Å². The number of hydrogen-bond donors (Lipinski definition) is 2. The molecular weight excluding hydrogens is 522 g/mol. The van der Waals surface area contributed by atoms with Crippen LogP contribution in [-0.2, 0) is 6.54 Å². The number of fused-ring (bicyclic) bond motifs is 2. The normalized spacial score (nSPS) is 11.0. The summed E-state index contributed by atoms with van der Waals surface area (Å²) in [6.07, 6.45) is 0. The number of halogens is 1. The monoisotopic (exact) mass is 557 g/mol. The zero-order valence-electron chi connectivity index (χ0n) is 21.9. The lowest BCUT2D eigenvalue weighted by atomic mass is 9.92. The van der Waals surface area contributed by atoms with Gasteiger partial charge in [-0.15, -0.1) is 0 Å². The molecule has 0 amide bonds. The standard InChI is InChI=1S/C20H14O2.C13H22N.BrH/c21-17-11-9-13-5-1-3-7-15(13)19(17)20-16-8-4-2-6-14(16)10-12-18(20)22;1-4-14(5-2,6-3)12-13-10-8-7-9-11-13;/h1-12,21-22H;7-11H,4-6,12H2,1-3H3;1H/q;+1;/p-1. The van der Waals surface area contributed by atoms with Crippen molar-refractivity contribution in [2.75, 3.05) is 19.6 Å². The maximum Gasteiger partial charge on any atom is 0.124 e. The van der Waals surface area contributed by atoms with Gasteiger partial charge in [-0.1, -0.05) is 91.0 Å². The number of hydrogen-bond acceptors (Lipinski definition) is 2. The fourth-order valence-corrected chi connectivity index (χ4v) is 5.02. The van der Waals surface area contributed by atoms with E-state index in [1.54, 1.807) is 12.1 Å². The van der Waals surface area contributed by atoms with Crippen LogP contribution < -0.4 is 17.0 Å². The van der Waals surface area contributed by atoms with Crippen molar-refractivity contribution in [3.8, 4) is 22.6 Å². The zero-order valence-corrected chi connectivity index (χ0v) is 23.4. The van der Waals surface area contributed by atoms with Gasteiger partial charge in [-0.25, -0.2) is 0 Å². The second kappa shape index (κ2) is 12.8. The van der Waals surface area contributed by atoms with Crippen molar-refractivity contribution in [3.05, 3.63) is 109 Å². The molecule has 192 valence electrons. The fraction of sp³-hybridized carbons (Fsp3) is 0.212. The van der Waals surface area contributed by atoms with Gasteiger partial charge in [-0.3, -0.25) is 0 Å². The highest BCUT2D eigenvalue weighted by Gasteiger charge is 2.20. The Kier molecular flexibility index (Phi) is 9.73. The van der Waals surface area contributed by atoms with Gasteiger partial charge in [0.05, 0.1) is 19.6 Å². The van der Waals surface area contributed by atoms with Crippen molar-refractivity contribution < 1.29 is 31.7 Å². The number of nitrogens with zero attached hydrogens (tertiary/aromatic N) is 1. The van der Waals surface area contributed by atoms with Gasteiger partial charge in [-0.05, 0) is 54.4 Å². The minimum Gasteiger partial charge on any atom is -1.00 e. The first-order valence-electron chi connectivity index (χ1n) is 12.8. The molecule has 4 heteroatoms. The summed E-state index contributed by atoms with van der Waals surface area (Å²) in [7, 11) is 0. The lowest BCUT2D eigenvalue weighted by Crippen LogP contribution is -3.00. The van der Waals surface area contributed by atoms with Gasteiger partial charge >= 0.3 is 0 Å². The van der Waals surface area contributed by atoms with Gasteiger partial charge in [0.15, 0.2) is 0 Å². The van der Waals surface area contributed by atoms with E-state index in [4.69, 9.17) is 0 Å². The molecule has 0 unspecified atom stereocenters. The Morgan fingerprint density at radius 3 is 1.35 bits per heavy atom. The smallest absolute Gasteiger partial charge is 0.124 e. The Bertz CT molecular complexity index is 1350. The van der Waals surface area contributed by atoms with E-state index < -0.39 is 0 Å². The van der Waals surface area contributed by atoms with Crippen molar-refractivity contribution in [1.82, 2.24) is 0 Å². The van der Waals surface area contributed by atoms with Gasteiger partial charge in [0.1, 0.15) is 18.0 Å². The van der Waals surface area contributed by atoms with E-state index in [9.17, 15) is 10.2 Å². The topological polar surface area (TPSA) is 40.5 Å². The summed E-state index contributed by atoms with van der Waals surface area (Å²) in [5.74, 6) is 0.343. The van der Waals surface area contributed by atoms with Crippen molar-refractivity contribution in [2.45, 2.75) is 27.3 Å². The number of phenolic OH excluding ortho intramolecular Hbond substituents is 2. The molecule has 0 bridgehead atoms. The molecule has 0 fully saturated rings. The second-order valence-corrected chi connectivity index (χ2v) is 9.30. The molecule has 0 aliphatic rings. The predicted molar refractivity (Wildman–Crippen MR) is 152 cm³/mol. The van der Waals surface area contributed by atoms with Crippen LogP contribution in [0.4, 0.5) is 0 Å². The summed E-state index contributed by atoms with van der Waals surface area (Å²) in [6.45, 7) is 11.7. The van der Waals surface area contributed by atoms with Gasteiger partial charge in [-0.2, -0.15) is 0 Å². The Labute approximate surface area is 231 Å². The summed E-state index contributed by atoms with van der Waals surface area (Å²) >= 11 is 0. The Morgan fingerprint density at radius 1 is 0.514 bits per heavy atom. The predicted octanol–water partition coefficient (Wildman–Crippen LogP) is 5.14. The number of benzene rings is 5. The highest BCUT2D eigenvalue weighted by atomic mass is 79.9. The van der Waals surface area contributed by atoms with Crippen LogP contribution in [0, 0.1) is 0 Å². The van der Waals surface area contributed by atoms with Gasteiger partial charge in [0.2, 0.25) is 0 Å². The molecule has 5 aromatic carbocycles. The summed E-state index contributed by atoms with van der Waals surface area (Å²) in [5.41, 5.74) is 2.80. The number of aromatic hydroxyl groups is 2. The first-order chi connectivity index (χ1) is 17.5. The molecule has 0 heterocycles. The average molecular weight is 559 g/mol. The molecule has 0 spiro atoms. The van der Waals surface area contributed by atoms with Crippen LogP contribution in [0.15, 0.2) is 103 Å². The van der Waals surface area contributed by atoms with E-state index in [2.05, 4.69) is 51.1 Å². The van der Waals surface area contributed by atoms with Crippen LogP contribution in [0.1, 0.15) is 26.3 Å². The number of quaternary nitrogens is 1. The molecule has 0 saturated heterocycles. The molecule has 37 heavy (non-hydrogen) atoms. The fourth-order valence-electron chi connectivity index (χ4n) is 5.02. The quantitative estimate of drug-likeness (QED) is 0.284. The van der Waals surface area contributed by atoms with Crippen molar-refractivity contribution >= 4 is 21.5 Å². The summed E-state index contributed by atoms with van der Waals surface area (Å²) in [6, 6.07) is 33.7. The molecular formula is C33H36BrNO2. The second-order valence-electron chi connectivity index (χ2n) is 9.30. The summed E-state index contributed by atoms with van der Waals surface area (Å²) < 4.78 is 1.20. The lowest BCUT2D eigenvalue weighted by molar-refractivity contribution is -0.936. The minimum atomic E-state index is 0. The van der Waals surface area contributed by atoms with Crippen molar-refractivity contribution in [1.29, 1.82) is 0 Å². The van der Waals surface area contributed by atoms with Gasteiger partial charge < -0.3 is 31.7 Å². The Morgan fingerprint density at radius 2 is 0.919 bits per heavy atom. The molecule has 0 aliphatic carbocycles.